The molecule has 2 N–H and O–H groups in total. The Hall–Kier alpha value is -0.760. The predicted molar refractivity (Wildman–Crippen MR) is 293 cm³/mol. The monoisotopic (exact) mass is 983 g/mol. The van der Waals surface area contributed by atoms with Gasteiger partial charge in [-0.25, -0.2) is 0 Å². The lowest BCUT2D eigenvalue weighted by Gasteiger charge is -2.30. The molecule has 0 fully saturated rings. The van der Waals surface area contributed by atoms with E-state index in [2.05, 4.69) is 31.3 Å². The van der Waals surface area contributed by atoms with Crippen molar-refractivity contribution in [1.29, 1.82) is 0 Å². The number of nitrogens with one attached hydrogen (secondary N) is 1. The molecule has 0 saturated heterocycles. The summed E-state index contributed by atoms with van der Waals surface area (Å²) in [6, 6.07) is -0.798. The number of aliphatic hydroxyl groups excluding tert-OH is 1. The molecule has 0 aliphatic carbocycles. The van der Waals surface area contributed by atoms with Crippen LogP contribution < -0.4 is 10.2 Å². The van der Waals surface area contributed by atoms with Crippen molar-refractivity contribution in [3.8, 4) is 0 Å². The molecule has 0 spiro atoms. The van der Waals surface area contributed by atoms with E-state index in [4.69, 9.17) is 9.05 Å². The number of phosphoric ester groups is 1. The number of aliphatic hydroxyl groups is 1. The zero-order chi connectivity index (χ0) is 49.9. The van der Waals surface area contributed by atoms with Gasteiger partial charge < -0.3 is 28.8 Å². The van der Waals surface area contributed by atoms with Gasteiger partial charge in [-0.15, -0.1) is 0 Å². The average Bonchev–Trinajstić information content (AvgIpc) is 3.30. The van der Waals surface area contributed by atoms with Gasteiger partial charge in [-0.05, 0) is 38.5 Å². The number of nitrogens with zero attached hydrogens (tertiary/aromatic N) is 1. The maximum atomic E-state index is 13.0. The maximum Gasteiger partial charge on any atom is 0.268 e. The van der Waals surface area contributed by atoms with Crippen molar-refractivity contribution in [2.75, 3.05) is 40.9 Å². The number of likely N-dealkylation sites (N-methyl/N-ethyl adjacent to an activating group) is 1. The fraction of sp³-hybridized carbons (Fsp3) is 0.949. The Bertz CT molecular complexity index is 1120. The molecule has 0 aromatic heterocycles. The van der Waals surface area contributed by atoms with Crippen molar-refractivity contribution < 1.29 is 32.9 Å². The minimum atomic E-state index is -4.57. The molecule has 1 amide bonds. The van der Waals surface area contributed by atoms with E-state index in [1.54, 1.807) is 0 Å². The van der Waals surface area contributed by atoms with E-state index >= 15 is 0 Å². The van der Waals surface area contributed by atoms with Gasteiger partial charge in [-0.2, -0.15) is 0 Å². The number of amides is 1. The highest BCUT2D eigenvalue weighted by molar-refractivity contribution is 7.45. The number of carbonyl (C=O) groups is 1. The Morgan fingerprint density at radius 1 is 0.500 bits per heavy atom. The van der Waals surface area contributed by atoms with E-state index in [-0.39, 0.29) is 19.1 Å². The van der Waals surface area contributed by atoms with Gasteiger partial charge in [0.25, 0.3) is 7.82 Å². The minimum Gasteiger partial charge on any atom is -0.756 e. The number of hydrogen-bond acceptors (Lipinski definition) is 6. The second-order valence-electron chi connectivity index (χ2n) is 22.1. The van der Waals surface area contributed by atoms with Crippen LogP contribution in [0.3, 0.4) is 0 Å². The van der Waals surface area contributed by atoms with Gasteiger partial charge in [0.2, 0.25) is 5.91 Å². The van der Waals surface area contributed by atoms with Crippen LogP contribution in [0.15, 0.2) is 12.2 Å². The molecule has 0 saturated carbocycles. The molecule has 8 nitrogen and oxygen atoms in total. The molecule has 0 bridgehead atoms. The van der Waals surface area contributed by atoms with Gasteiger partial charge in [0, 0.05) is 6.42 Å². The Morgan fingerprint density at radius 2 is 0.809 bits per heavy atom. The number of rotatable bonds is 56. The number of carbonyl (C=O) groups excluding carboxylic acids is 1. The maximum absolute atomic E-state index is 13.0. The van der Waals surface area contributed by atoms with Crippen LogP contribution in [-0.2, 0) is 18.4 Å². The van der Waals surface area contributed by atoms with E-state index in [0.717, 1.165) is 38.5 Å². The summed E-state index contributed by atoms with van der Waals surface area (Å²) in [4.78, 5) is 25.5. The Labute approximate surface area is 424 Å². The van der Waals surface area contributed by atoms with Crippen molar-refractivity contribution in [2.24, 2.45) is 0 Å². The smallest absolute Gasteiger partial charge is 0.268 e. The summed E-state index contributed by atoms with van der Waals surface area (Å²) in [6.45, 7) is 4.77. The summed E-state index contributed by atoms with van der Waals surface area (Å²) in [5.41, 5.74) is 0. The van der Waals surface area contributed by atoms with E-state index in [9.17, 15) is 19.4 Å². The number of quaternary nitrogens is 1. The van der Waals surface area contributed by atoms with E-state index < -0.39 is 20.0 Å². The molecule has 0 heterocycles. The fourth-order valence-electron chi connectivity index (χ4n) is 9.27. The molecule has 3 unspecified atom stereocenters. The van der Waals surface area contributed by atoms with Crippen LogP contribution in [0.25, 0.3) is 0 Å². The Balaban J connectivity index is 4.08. The molecule has 9 heteroatoms. The van der Waals surface area contributed by atoms with Gasteiger partial charge in [0.05, 0.1) is 39.9 Å². The summed E-state index contributed by atoms with van der Waals surface area (Å²) in [6.07, 6.45) is 62.5. The van der Waals surface area contributed by atoms with Crippen LogP contribution in [0.2, 0.25) is 0 Å². The zero-order valence-electron chi connectivity index (χ0n) is 46.3. The summed E-state index contributed by atoms with van der Waals surface area (Å²) < 4.78 is 23.4. The highest BCUT2D eigenvalue weighted by atomic mass is 31.2. The third-order valence-electron chi connectivity index (χ3n) is 14.0. The highest BCUT2D eigenvalue weighted by Gasteiger charge is 2.24. The average molecular weight is 984 g/mol. The highest BCUT2D eigenvalue weighted by Crippen LogP contribution is 2.38. The SMILES string of the molecule is CCCCCCCCCCCCCC/C=C\CCCCCCCCCCCCCCC(=O)NC(COP(=O)([O-])OCC[N+](C)(C)C)C(O)CCCCCCCCCCCCCCCCCCCC. The Kier molecular flexibility index (Phi) is 50.6. The molecule has 3 atom stereocenters. The zero-order valence-corrected chi connectivity index (χ0v) is 47.2. The van der Waals surface area contributed by atoms with Gasteiger partial charge in [0.15, 0.2) is 0 Å². The number of allylic oxidation sites excluding steroid dienone is 2. The van der Waals surface area contributed by atoms with Gasteiger partial charge in [-0.1, -0.05) is 276 Å². The van der Waals surface area contributed by atoms with Crippen molar-refractivity contribution in [2.45, 2.75) is 321 Å². The largest absolute Gasteiger partial charge is 0.756 e. The van der Waals surface area contributed by atoms with Crippen molar-refractivity contribution in [3.63, 3.8) is 0 Å². The molecule has 0 radical (unpaired) electrons. The molecular weight excluding hydrogens is 864 g/mol. The first-order chi connectivity index (χ1) is 33.0. The minimum absolute atomic E-state index is 0.0149. The third kappa shape index (κ3) is 53.0. The first kappa shape index (κ1) is 67.2. The standard InChI is InChI=1S/C59H119N2O6P/c1-6-8-10-12-14-16-18-20-22-24-26-27-28-29-30-31-32-33-34-35-37-39-41-43-45-47-49-51-53-59(63)60-57(56-67-68(64,65)66-55-54-61(3,4)5)58(62)52-50-48-46-44-42-40-38-36-25-23-21-19-17-15-13-11-9-7-2/h29-30,57-58,62H,6-28,31-56H2,1-5H3,(H-,60,63,64,65)/b30-29-. The summed E-state index contributed by atoms with van der Waals surface area (Å²) >= 11 is 0. The van der Waals surface area contributed by atoms with Gasteiger partial charge in [0.1, 0.15) is 13.2 Å². The van der Waals surface area contributed by atoms with Crippen LogP contribution in [0.4, 0.5) is 0 Å². The first-order valence-corrected chi connectivity index (χ1v) is 31.5. The molecule has 0 rings (SSSR count). The van der Waals surface area contributed by atoms with E-state index in [1.807, 2.05) is 21.1 Å². The van der Waals surface area contributed by atoms with Gasteiger partial charge >= 0.3 is 0 Å². The van der Waals surface area contributed by atoms with E-state index in [1.165, 1.54) is 244 Å². The first-order valence-electron chi connectivity index (χ1n) is 30.0. The van der Waals surface area contributed by atoms with Crippen LogP contribution >= 0.6 is 7.82 Å². The molecule has 0 aromatic rings. The third-order valence-corrected chi connectivity index (χ3v) is 15.0. The van der Waals surface area contributed by atoms with Crippen molar-refractivity contribution in [3.05, 3.63) is 12.2 Å². The summed E-state index contributed by atoms with van der Waals surface area (Å²) in [5, 5.41) is 14.0. The second-order valence-corrected chi connectivity index (χ2v) is 23.5. The van der Waals surface area contributed by atoms with Crippen LogP contribution in [0, 0.1) is 0 Å². The number of hydrogen-bond donors (Lipinski definition) is 2. The van der Waals surface area contributed by atoms with Crippen LogP contribution in [0.1, 0.15) is 309 Å². The van der Waals surface area contributed by atoms with Crippen LogP contribution in [-0.4, -0.2) is 68.5 Å². The quantitative estimate of drug-likeness (QED) is 0.0272. The summed E-state index contributed by atoms with van der Waals surface area (Å²) in [5.74, 6) is -0.159. The molecule has 406 valence electrons. The lowest BCUT2D eigenvalue weighted by Crippen LogP contribution is -2.46. The lowest BCUT2D eigenvalue weighted by molar-refractivity contribution is -0.870. The lowest BCUT2D eigenvalue weighted by atomic mass is 10.0. The predicted octanol–water partition coefficient (Wildman–Crippen LogP) is 17.6. The van der Waals surface area contributed by atoms with Crippen LogP contribution in [0.5, 0.6) is 0 Å². The molecule has 68 heavy (non-hydrogen) atoms. The topological polar surface area (TPSA) is 108 Å². The van der Waals surface area contributed by atoms with Crippen molar-refractivity contribution >= 4 is 13.7 Å². The van der Waals surface area contributed by atoms with Gasteiger partial charge in [-0.3, -0.25) is 9.36 Å². The second kappa shape index (κ2) is 51.2. The molecular formula is C59H119N2O6P. The summed E-state index contributed by atoms with van der Waals surface area (Å²) in [7, 11) is 1.32. The molecule has 0 aromatic carbocycles. The Morgan fingerprint density at radius 3 is 1.15 bits per heavy atom. The molecule has 0 aliphatic rings. The number of unbranched alkanes of at least 4 members (excludes halogenated alkanes) is 41. The fourth-order valence-corrected chi connectivity index (χ4v) is 10.00. The molecule has 0 aliphatic heterocycles. The van der Waals surface area contributed by atoms with Crippen molar-refractivity contribution in [1.82, 2.24) is 5.32 Å². The normalized spacial score (nSPS) is 13.9. The van der Waals surface area contributed by atoms with E-state index in [0.29, 0.717) is 23.9 Å². The number of phosphoric acid groups is 1.